The third-order valence-corrected chi connectivity index (χ3v) is 5.76. The summed E-state index contributed by atoms with van der Waals surface area (Å²) in [5.74, 6) is -0.120. The van der Waals surface area contributed by atoms with Crippen LogP contribution < -0.4 is 0 Å². The third-order valence-electron chi connectivity index (χ3n) is 3.48. The van der Waals surface area contributed by atoms with Gasteiger partial charge in [-0.2, -0.15) is 0 Å². The van der Waals surface area contributed by atoms with Gasteiger partial charge in [-0.1, -0.05) is 33.2 Å². The summed E-state index contributed by atoms with van der Waals surface area (Å²) in [7, 11) is -1.41. The molecule has 1 heterocycles. The van der Waals surface area contributed by atoms with E-state index in [9.17, 15) is 13.2 Å². The summed E-state index contributed by atoms with van der Waals surface area (Å²) in [4.78, 5) is 18.3. The maximum atomic E-state index is 11.9. The van der Waals surface area contributed by atoms with Gasteiger partial charge in [0.2, 0.25) is 0 Å². The van der Waals surface area contributed by atoms with Crippen LogP contribution in [0.3, 0.4) is 0 Å². The van der Waals surface area contributed by atoms with Gasteiger partial charge in [0.25, 0.3) is 5.91 Å². The second-order valence-electron chi connectivity index (χ2n) is 5.12. The first-order valence-corrected chi connectivity index (χ1v) is 9.36. The molecule has 2 rings (SSSR count). The molecule has 8 heteroatoms. The van der Waals surface area contributed by atoms with Gasteiger partial charge in [0.15, 0.2) is 16.4 Å². The molecule has 1 saturated heterocycles. The van der Waals surface area contributed by atoms with E-state index in [-0.39, 0.29) is 30.1 Å². The van der Waals surface area contributed by atoms with Gasteiger partial charge < -0.3 is 9.74 Å². The highest BCUT2D eigenvalue weighted by atomic mass is 79.9. The number of amides is 1. The van der Waals surface area contributed by atoms with Crippen LogP contribution in [-0.2, 0) is 19.5 Å². The van der Waals surface area contributed by atoms with Gasteiger partial charge in [-0.15, -0.1) is 0 Å². The SMILES string of the molecule is CN(C(=O)CO/N=C\c1ccc(Br)cc1)[C@H]1CCS(=O)(=O)C1. The summed E-state index contributed by atoms with van der Waals surface area (Å²) >= 11 is 3.33. The number of oxime groups is 1. The van der Waals surface area contributed by atoms with Gasteiger partial charge in [-0.3, -0.25) is 4.79 Å². The van der Waals surface area contributed by atoms with Gasteiger partial charge in [0, 0.05) is 17.6 Å². The molecule has 1 fully saturated rings. The molecule has 1 aliphatic heterocycles. The molecule has 0 spiro atoms. The number of hydrogen-bond acceptors (Lipinski definition) is 5. The average molecular weight is 389 g/mol. The smallest absolute Gasteiger partial charge is 0.263 e. The van der Waals surface area contributed by atoms with E-state index in [1.807, 2.05) is 24.3 Å². The van der Waals surface area contributed by atoms with Crippen LogP contribution in [-0.4, -0.2) is 56.6 Å². The number of benzene rings is 1. The van der Waals surface area contributed by atoms with E-state index in [0.29, 0.717) is 6.42 Å². The Labute approximate surface area is 138 Å². The van der Waals surface area contributed by atoms with E-state index in [1.165, 1.54) is 11.1 Å². The molecule has 22 heavy (non-hydrogen) atoms. The van der Waals surface area contributed by atoms with Crippen molar-refractivity contribution in [3.8, 4) is 0 Å². The Morgan fingerprint density at radius 1 is 1.45 bits per heavy atom. The van der Waals surface area contributed by atoms with E-state index in [1.54, 1.807) is 7.05 Å². The Kier molecular flexibility index (Phi) is 5.57. The van der Waals surface area contributed by atoms with Crippen molar-refractivity contribution in [3.63, 3.8) is 0 Å². The second kappa shape index (κ2) is 7.23. The molecule has 0 aromatic heterocycles. The van der Waals surface area contributed by atoms with Crippen molar-refractivity contribution in [1.82, 2.24) is 4.90 Å². The van der Waals surface area contributed by atoms with E-state index >= 15 is 0 Å². The van der Waals surface area contributed by atoms with Gasteiger partial charge in [-0.05, 0) is 24.1 Å². The van der Waals surface area contributed by atoms with Crippen LogP contribution in [0.4, 0.5) is 0 Å². The number of halogens is 1. The predicted octanol–water partition coefficient (Wildman–Crippen LogP) is 1.45. The molecule has 1 aliphatic rings. The lowest BCUT2D eigenvalue weighted by Crippen LogP contribution is -2.39. The predicted molar refractivity (Wildman–Crippen MR) is 87.5 cm³/mol. The lowest BCUT2D eigenvalue weighted by molar-refractivity contribution is -0.136. The van der Waals surface area contributed by atoms with Gasteiger partial charge in [-0.25, -0.2) is 8.42 Å². The minimum atomic E-state index is -3.01. The van der Waals surface area contributed by atoms with Crippen LogP contribution in [0.25, 0.3) is 0 Å². The van der Waals surface area contributed by atoms with Crippen molar-refractivity contribution < 1.29 is 18.0 Å². The zero-order valence-electron chi connectivity index (χ0n) is 12.1. The largest absolute Gasteiger partial charge is 0.386 e. The summed E-state index contributed by atoms with van der Waals surface area (Å²) in [6, 6.07) is 7.20. The number of carbonyl (C=O) groups excluding carboxylic acids is 1. The van der Waals surface area contributed by atoms with Crippen LogP contribution in [0.5, 0.6) is 0 Å². The zero-order valence-corrected chi connectivity index (χ0v) is 14.5. The van der Waals surface area contributed by atoms with E-state index in [2.05, 4.69) is 21.1 Å². The van der Waals surface area contributed by atoms with E-state index in [0.717, 1.165) is 10.0 Å². The Morgan fingerprint density at radius 3 is 2.73 bits per heavy atom. The molecule has 1 aromatic carbocycles. The minimum absolute atomic E-state index is 0.0252. The van der Waals surface area contributed by atoms with Crippen molar-refractivity contribution in [2.45, 2.75) is 12.5 Å². The Bertz CT molecular complexity index is 658. The molecule has 120 valence electrons. The van der Waals surface area contributed by atoms with Crippen LogP contribution in [0.2, 0.25) is 0 Å². The number of likely N-dealkylation sites (N-methyl/N-ethyl adjacent to an activating group) is 1. The van der Waals surface area contributed by atoms with Crippen LogP contribution >= 0.6 is 15.9 Å². The van der Waals surface area contributed by atoms with Crippen molar-refractivity contribution in [1.29, 1.82) is 0 Å². The first-order chi connectivity index (χ1) is 10.4. The highest BCUT2D eigenvalue weighted by Crippen LogP contribution is 2.16. The maximum absolute atomic E-state index is 11.9. The van der Waals surface area contributed by atoms with Gasteiger partial charge in [0.1, 0.15) is 0 Å². The fourth-order valence-corrected chi connectivity index (χ4v) is 4.16. The summed E-state index contributed by atoms with van der Waals surface area (Å²) in [5.41, 5.74) is 0.853. The molecule has 0 saturated carbocycles. The molecule has 1 amide bonds. The van der Waals surface area contributed by atoms with Crippen molar-refractivity contribution >= 4 is 37.9 Å². The third kappa shape index (κ3) is 4.81. The van der Waals surface area contributed by atoms with E-state index in [4.69, 9.17) is 4.84 Å². The van der Waals surface area contributed by atoms with E-state index < -0.39 is 9.84 Å². The lowest BCUT2D eigenvalue weighted by Gasteiger charge is -2.22. The molecular weight excluding hydrogens is 372 g/mol. The summed E-state index contributed by atoms with van der Waals surface area (Å²) in [6.07, 6.45) is 1.99. The quantitative estimate of drug-likeness (QED) is 0.564. The standard InChI is InChI=1S/C14H17BrN2O4S/c1-17(13-6-7-22(19,20)10-13)14(18)9-21-16-8-11-2-4-12(15)5-3-11/h2-5,8,13H,6-7,9-10H2,1H3/b16-8-/t13-/m0/s1. The molecule has 0 aliphatic carbocycles. The van der Waals surface area contributed by atoms with Crippen molar-refractivity contribution in [2.75, 3.05) is 25.2 Å². The number of hydrogen-bond donors (Lipinski definition) is 0. The second-order valence-corrected chi connectivity index (χ2v) is 8.27. The first-order valence-electron chi connectivity index (χ1n) is 6.74. The van der Waals surface area contributed by atoms with Crippen LogP contribution in [0.1, 0.15) is 12.0 Å². The normalized spacial score (nSPS) is 20.2. The summed E-state index contributed by atoms with van der Waals surface area (Å²) < 4.78 is 23.8. The Morgan fingerprint density at radius 2 is 2.14 bits per heavy atom. The highest BCUT2D eigenvalue weighted by molar-refractivity contribution is 9.10. The van der Waals surface area contributed by atoms with Crippen LogP contribution in [0, 0.1) is 0 Å². The highest BCUT2D eigenvalue weighted by Gasteiger charge is 2.32. The van der Waals surface area contributed by atoms with Gasteiger partial charge in [0.05, 0.1) is 17.7 Å². The molecule has 1 aromatic rings. The molecule has 6 nitrogen and oxygen atoms in total. The topological polar surface area (TPSA) is 76.0 Å². The average Bonchev–Trinajstić information content (AvgIpc) is 2.84. The minimum Gasteiger partial charge on any atom is -0.386 e. The van der Waals surface area contributed by atoms with Crippen LogP contribution in [0.15, 0.2) is 33.9 Å². The number of rotatable bonds is 5. The molecular formula is C14H17BrN2O4S. The van der Waals surface area contributed by atoms with Gasteiger partial charge >= 0.3 is 0 Å². The molecule has 0 N–H and O–H groups in total. The fraction of sp³-hybridized carbons (Fsp3) is 0.429. The fourth-order valence-electron chi connectivity index (χ4n) is 2.13. The van der Waals surface area contributed by atoms with Crippen molar-refractivity contribution in [2.24, 2.45) is 5.16 Å². The number of sulfone groups is 1. The molecule has 1 atom stereocenters. The maximum Gasteiger partial charge on any atom is 0.263 e. The number of nitrogens with zero attached hydrogens (tertiary/aromatic N) is 2. The lowest BCUT2D eigenvalue weighted by atomic mass is 10.2. The Balaban J connectivity index is 1.79. The first kappa shape index (κ1) is 17.0. The molecule has 0 radical (unpaired) electrons. The summed E-state index contributed by atoms with van der Waals surface area (Å²) in [6.45, 7) is -0.208. The Hall–Kier alpha value is -1.41. The summed E-state index contributed by atoms with van der Waals surface area (Å²) in [5, 5.41) is 3.74. The number of carbonyl (C=O) groups is 1. The zero-order chi connectivity index (χ0) is 16.2. The molecule has 0 bridgehead atoms. The molecule has 0 unspecified atom stereocenters. The monoisotopic (exact) mass is 388 g/mol. The van der Waals surface area contributed by atoms with Crippen molar-refractivity contribution in [3.05, 3.63) is 34.3 Å².